The van der Waals surface area contributed by atoms with Crippen LogP contribution in [0.15, 0.2) is 18.2 Å². The number of rotatable bonds is 3. The number of benzene rings is 1. The van der Waals surface area contributed by atoms with Crippen LogP contribution in [-0.4, -0.2) is 16.8 Å². The highest BCUT2D eigenvalue weighted by Gasteiger charge is 2.14. The van der Waals surface area contributed by atoms with E-state index in [4.69, 9.17) is 11.6 Å². The number of thiazole rings is 1. The average Bonchev–Trinajstić information content (AvgIpc) is 2.61. The number of halogens is 3. The lowest BCUT2D eigenvalue weighted by Gasteiger charge is -2.03. The smallest absolute Gasteiger partial charge is 0.387 e. The van der Waals surface area contributed by atoms with E-state index in [1.165, 1.54) is 12.1 Å². The number of hydrogen-bond donors (Lipinski definition) is 0. The van der Waals surface area contributed by atoms with Crippen molar-refractivity contribution in [1.29, 1.82) is 0 Å². The Morgan fingerprint density at radius 2 is 2.25 bits per heavy atom. The van der Waals surface area contributed by atoms with E-state index >= 15 is 0 Å². The van der Waals surface area contributed by atoms with Crippen LogP contribution in [-0.2, 0) is 0 Å². The lowest BCUT2D eigenvalue weighted by molar-refractivity contribution is -0.0486. The normalized spacial score (nSPS) is 11.0. The number of aromatic nitrogens is 1. The Balaban J connectivity index is 2.54. The summed E-state index contributed by atoms with van der Waals surface area (Å²) in [7, 11) is 0. The van der Waals surface area contributed by atoms with E-state index in [9.17, 15) is 13.6 Å². The largest absolute Gasteiger partial charge is 0.433 e. The first-order valence-corrected chi connectivity index (χ1v) is 5.31. The third-order valence-electron chi connectivity index (χ3n) is 1.76. The molecule has 16 heavy (non-hydrogen) atoms. The molecule has 0 saturated carbocycles. The van der Waals surface area contributed by atoms with Gasteiger partial charge in [-0.1, -0.05) is 6.07 Å². The zero-order chi connectivity index (χ0) is 11.7. The Kier molecular flexibility index (Phi) is 3.02. The van der Waals surface area contributed by atoms with Gasteiger partial charge in [0.15, 0.2) is 5.01 Å². The first-order valence-electron chi connectivity index (χ1n) is 4.12. The van der Waals surface area contributed by atoms with Crippen molar-refractivity contribution in [3.8, 4) is 5.75 Å². The van der Waals surface area contributed by atoms with Crippen molar-refractivity contribution in [2.45, 2.75) is 6.61 Å². The van der Waals surface area contributed by atoms with Gasteiger partial charge in [0.1, 0.15) is 5.75 Å². The molecule has 0 aliphatic rings. The zero-order valence-corrected chi connectivity index (χ0v) is 9.19. The predicted molar refractivity (Wildman–Crippen MR) is 56.4 cm³/mol. The van der Waals surface area contributed by atoms with E-state index in [2.05, 4.69) is 9.72 Å². The van der Waals surface area contributed by atoms with Crippen molar-refractivity contribution in [2.75, 3.05) is 0 Å². The van der Waals surface area contributed by atoms with E-state index in [0.717, 1.165) is 11.3 Å². The lowest BCUT2D eigenvalue weighted by atomic mass is 10.3. The van der Waals surface area contributed by atoms with Crippen molar-refractivity contribution in [3.05, 3.63) is 23.2 Å². The van der Waals surface area contributed by atoms with Crippen LogP contribution in [0.3, 0.4) is 0 Å². The number of ether oxygens (including phenoxy) is 1. The predicted octanol–water partition coefficient (Wildman–Crippen LogP) is 3.28. The minimum Gasteiger partial charge on any atom is -0.433 e. The fourth-order valence-corrected chi connectivity index (χ4v) is 2.21. The molecule has 7 heteroatoms. The fraction of sp³-hybridized carbons (Fsp3) is 0.111. The van der Waals surface area contributed by atoms with E-state index in [-0.39, 0.29) is 10.8 Å². The molecule has 0 amide bonds. The molecular formula is C9H4ClF2NO2S. The summed E-state index contributed by atoms with van der Waals surface area (Å²) in [6, 6.07) is 4.49. The fourth-order valence-electron chi connectivity index (χ4n) is 1.20. The number of carbonyl (C=O) groups is 1. The third-order valence-corrected chi connectivity index (χ3v) is 3.14. The summed E-state index contributed by atoms with van der Waals surface area (Å²) in [6.45, 7) is -2.91. The van der Waals surface area contributed by atoms with Gasteiger partial charge in [0.05, 0.1) is 10.2 Å². The van der Waals surface area contributed by atoms with Gasteiger partial charge >= 0.3 is 6.61 Å². The molecule has 0 saturated heterocycles. The highest BCUT2D eigenvalue weighted by atomic mass is 35.5. The van der Waals surface area contributed by atoms with Crippen LogP contribution in [0.25, 0.3) is 10.2 Å². The van der Waals surface area contributed by atoms with Crippen molar-refractivity contribution >= 4 is 38.4 Å². The average molecular weight is 264 g/mol. The molecule has 0 fully saturated rings. The molecule has 1 heterocycles. The highest BCUT2D eigenvalue weighted by molar-refractivity contribution is 7.22. The summed E-state index contributed by atoms with van der Waals surface area (Å²) in [5, 5.41) is -0.661. The molecule has 1 aromatic carbocycles. The van der Waals surface area contributed by atoms with Crippen LogP contribution >= 0.6 is 22.9 Å². The minimum atomic E-state index is -2.91. The quantitative estimate of drug-likeness (QED) is 0.798. The topological polar surface area (TPSA) is 39.2 Å². The number of alkyl halides is 2. The Morgan fingerprint density at radius 1 is 1.50 bits per heavy atom. The molecule has 84 valence electrons. The number of carbonyl (C=O) groups excluding carboxylic acids is 1. The molecule has 0 bridgehead atoms. The molecule has 2 aromatic rings. The van der Waals surface area contributed by atoms with Gasteiger partial charge in [-0.05, 0) is 23.7 Å². The maximum Gasteiger partial charge on any atom is 0.387 e. The van der Waals surface area contributed by atoms with Gasteiger partial charge in [-0.2, -0.15) is 8.78 Å². The monoisotopic (exact) mass is 263 g/mol. The van der Waals surface area contributed by atoms with E-state index in [1.807, 2.05) is 0 Å². The van der Waals surface area contributed by atoms with Crippen LogP contribution in [0.1, 0.15) is 9.80 Å². The minimum absolute atomic E-state index is 0.00540. The summed E-state index contributed by atoms with van der Waals surface area (Å²) in [5.41, 5.74) is 0.409. The van der Waals surface area contributed by atoms with E-state index in [0.29, 0.717) is 10.2 Å². The maximum absolute atomic E-state index is 12.1. The summed E-state index contributed by atoms with van der Waals surface area (Å²) >= 11 is 6.18. The van der Waals surface area contributed by atoms with Crippen LogP contribution in [0.5, 0.6) is 5.75 Å². The van der Waals surface area contributed by atoms with Gasteiger partial charge in [0, 0.05) is 0 Å². The highest BCUT2D eigenvalue weighted by Crippen LogP contribution is 2.32. The van der Waals surface area contributed by atoms with Gasteiger partial charge in [0.25, 0.3) is 5.24 Å². The Bertz CT molecular complexity index is 543. The van der Waals surface area contributed by atoms with Crippen LogP contribution < -0.4 is 4.74 Å². The van der Waals surface area contributed by atoms with E-state index in [1.54, 1.807) is 6.07 Å². The van der Waals surface area contributed by atoms with Crippen LogP contribution in [0.2, 0.25) is 0 Å². The molecular weight excluding hydrogens is 260 g/mol. The van der Waals surface area contributed by atoms with Gasteiger partial charge in [-0.15, -0.1) is 11.3 Å². The van der Waals surface area contributed by atoms with E-state index < -0.39 is 11.9 Å². The molecule has 0 atom stereocenters. The molecule has 0 spiro atoms. The summed E-state index contributed by atoms with van der Waals surface area (Å²) < 4.78 is 28.9. The molecule has 3 nitrogen and oxygen atoms in total. The Morgan fingerprint density at radius 3 is 2.88 bits per heavy atom. The zero-order valence-electron chi connectivity index (χ0n) is 7.62. The molecule has 0 aliphatic heterocycles. The first-order chi connectivity index (χ1) is 7.58. The van der Waals surface area contributed by atoms with Gasteiger partial charge in [0.2, 0.25) is 0 Å². The SMILES string of the molecule is O=C(Cl)c1nc2cccc(OC(F)F)c2s1. The standard InChI is InChI=1S/C9H4ClF2NO2S/c10-7(14)8-13-4-2-1-3-5(6(4)16-8)15-9(11)12/h1-3,9H. The maximum atomic E-state index is 12.1. The van der Waals surface area contributed by atoms with Gasteiger partial charge in [-0.25, -0.2) is 4.98 Å². The number of fused-ring (bicyclic) bond motifs is 1. The number of nitrogens with zero attached hydrogens (tertiary/aromatic N) is 1. The second kappa shape index (κ2) is 4.31. The third kappa shape index (κ3) is 2.12. The Labute approximate surface area is 97.6 Å². The molecule has 0 N–H and O–H groups in total. The second-order valence-corrected chi connectivity index (χ2v) is 4.12. The summed E-state index contributed by atoms with van der Waals surface area (Å²) in [4.78, 5) is 14.8. The molecule has 0 unspecified atom stereocenters. The van der Waals surface area contributed by atoms with Crippen molar-refractivity contribution in [2.24, 2.45) is 0 Å². The van der Waals surface area contributed by atoms with Gasteiger partial charge < -0.3 is 4.74 Å². The molecule has 1 aromatic heterocycles. The molecule has 0 aliphatic carbocycles. The molecule has 2 rings (SSSR count). The summed E-state index contributed by atoms with van der Waals surface area (Å²) in [5.74, 6) is -0.00540. The second-order valence-electron chi connectivity index (χ2n) is 2.78. The lowest BCUT2D eigenvalue weighted by Crippen LogP contribution is -2.01. The number of hydrogen-bond acceptors (Lipinski definition) is 4. The van der Waals surface area contributed by atoms with Crippen molar-refractivity contribution in [3.63, 3.8) is 0 Å². The van der Waals surface area contributed by atoms with Crippen molar-refractivity contribution in [1.82, 2.24) is 4.98 Å². The van der Waals surface area contributed by atoms with Crippen molar-refractivity contribution < 1.29 is 18.3 Å². The first kappa shape index (κ1) is 11.2. The van der Waals surface area contributed by atoms with Crippen LogP contribution in [0.4, 0.5) is 8.78 Å². The Hall–Kier alpha value is -1.27. The summed E-state index contributed by atoms with van der Waals surface area (Å²) in [6.07, 6.45) is 0. The van der Waals surface area contributed by atoms with Crippen LogP contribution in [0, 0.1) is 0 Å². The molecule has 0 radical (unpaired) electrons. The van der Waals surface area contributed by atoms with Gasteiger partial charge in [-0.3, -0.25) is 4.79 Å².